The van der Waals surface area contributed by atoms with Crippen LogP contribution in [0.2, 0.25) is 0 Å². The second-order valence-corrected chi connectivity index (χ2v) is 4.65. The third-order valence-electron chi connectivity index (χ3n) is 3.22. The van der Waals surface area contributed by atoms with Gasteiger partial charge in [-0.25, -0.2) is 4.79 Å². The molecule has 1 aromatic heterocycles. The van der Waals surface area contributed by atoms with Gasteiger partial charge in [-0.05, 0) is 35.0 Å². The van der Waals surface area contributed by atoms with Gasteiger partial charge in [0.1, 0.15) is 0 Å². The Morgan fingerprint density at radius 1 is 0.952 bits per heavy atom. The van der Waals surface area contributed by atoms with Gasteiger partial charge in [0, 0.05) is 6.20 Å². The van der Waals surface area contributed by atoms with Gasteiger partial charge in [0.15, 0.2) is 6.61 Å². The van der Waals surface area contributed by atoms with Crippen molar-refractivity contribution < 1.29 is 14.3 Å². The predicted molar refractivity (Wildman–Crippen MR) is 79.4 cm³/mol. The van der Waals surface area contributed by atoms with Gasteiger partial charge >= 0.3 is 5.97 Å². The number of ether oxygens (including phenoxy) is 1. The summed E-state index contributed by atoms with van der Waals surface area (Å²) in [6, 6.07) is 16.4. The number of nitrogens with one attached hydrogen (secondary N) is 1. The van der Waals surface area contributed by atoms with Crippen LogP contribution in [0.3, 0.4) is 0 Å². The first kappa shape index (κ1) is 13.1. The molecule has 0 unspecified atom stereocenters. The van der Waals surface area contributed by atoms with E-state index in [0.717, 1.165) is 10.8 Å². The molecule has 0 fully saturated rings. The summed E-state index contributed by atoms with van der Waals surface area (Å²) in [5, 5.41) is 2.01. The average molecular weight is 279 g/mol. The lowest BCUT2D eigenvalue weighted by atomic mass is 10.1. The van der Waals surface area contributed by atoms with E-state index >= 15 is 0 Å². The van der Waals surface area contributed by atoms with E-state index in [1.165, 1.54) is 0 Å². The number of fused-ring (bicyclic) bond motifs is 1. The number of hydrogen-bond donors (Lipinski definition) is 1. The van der Waals surface area contributed by atoms with E-state index in [1.807, 2.05) is 30.3 Å². The third kappa shape index (κ3) is 2.84. The summed E-state index contributed by atoms with van der Waals surface area (Å²) in [6.45, 7) is -0.272. The molecule has 3 rings (SSSR count). The van der Waals surface area contributed by atoms with Crippen LogP contribution in [0, 0.1) is 0 Å². The van der Waals surface area contributed by atoms with Crippen molar-refractivity contribution in [1.82, 2.24) is 4.98 Å². The van der Waals surface area contributed by atoms with Gasteiger partial charge in [0.25, 0.3) is 0 Å². The van der Waals surface area contributed by atoms with Crippen molar-refractivity contribution >= 4 is 22.5 Å². The quantitative estimate of drug-likeness (QED) is 0.589. The van der Waals surface area contributed by atoms with Crippen molar-refractivity contribution in [2.24, 2.45) is 0 Å². The van der Waals surface area contributed by atoms with Crippen LogP contribution in [0.5, 0.6) is 0 Å². The van der Waals surface area contributed by atoms with E-state index in [-0.39, 0.29) is 12.4 Å². The van der Waals surface area contributed by atoms with Crippen molar-refractivity contribution in [3.63, 3.8) is 0 Å². The Morgan fingerprint density at radius 3 is 2.52 bits per heavy atom. The first-order valence-corrected chi connectivity index (χ1v) is 6.56. The maximum Gasteiger partial charge on any atom is 0.338 e. The molecule has 2 aromatic carbocycles. The molecule has 0 aliphatic rings. The number of benzene rings is 2. The highest BCUT2D eigenvalue weighted by molar-refractivity contribution is 5.99. The van der Waals surface area contributed by atoms with Gasteiger partial charge in [-0.2, -0.15) is 0 Å². The maximum atomic E-state index is 12.0. The summed E-state index contributed by atoms with van der Waals surface area (Å²) < 4.78 is 5.05. The molecule has 21 heavy (non-hydrogen) atoms. The largest absolute Gasteiger partial charge is 0.454 e. The van der Waals surface area contributed by atoms with Crippen LogP contribution in [-0.2, 0) is 4.74 Å². The Bertz CT molecular complexity index is 791. The van der Waals surface area contributed by atoms with Crippen LogP contribution >= 0.6 is 0 Å². The van der Waals surface area contributed by atoms with Crippen molar-refractivity contribution in [2.45, 2.75) is 0 Å². The van der Waals surface area contributed by atoms with Gasteiger partial charge in [0.05, 0.1) is 11.3 Å². The first-order valence-electron chi connectivity index (χ1n) is 6.56. The fourth-order valence-corrected chi connectivity index (χ4v) is 2.11. The first-order chi connectivity index (χ1) is 10.2. The number of aromatic amines is 1. The minimum atomic E-state index is -0.499. The fraction of sp³-hybridized carbons (Fsp3) is 0.0588. The highest BCUT2D eigenvalue weighted by Gasteiger charge is 2.12. The number of carbonyl (C=O) groups is 2. The van der Waals surface area contributed by atoms with Crippen molar-refractivity contribution in [2.75, 3.05) is 6.61 Å². The summed E-state index contributed by atoms with van der Waals surface area (Å²) in [7, 11) is 0. The maximum absolute atomic E-state index is 12.0. The zero-order valence-corrected chi connectivity index (χ0v) is 11.2. The Morgan fingerprint density at radius 2 is 1.76 bits per heavy atom. The van der Waals surface area contributed by atoms with E-state index in [0.29, 0.717) is 11.3 Å². The monoisotopic (exact) mass is 279 g/mol. The smallest absolute Gasteiger partial charge is 0.338 e. The summed E-state index contributed by atoms with van der Waals surface area (Å²) in [5.41, 5.74) is 0.870. The molecular weight excluding hydrogens is 266 g/mol. The molecule has 1 heterocycles. The van der Waals surface area contributed by atoms with E-state index in [9.17, 15) is 9.59 Å². The second-order valence-electron chi connectivity index (χ2n) is 4.65. The van der Waals surface area contributed by atoms with E-state index in [2.05, 4.69) is 4.98 Å². The van der Waals surface area contributed by atoms with Crippen LogP contribution in [-0.4, -0.2) is 23.3 Å². The Hall–Kier alpha value is -2.88. The number of H-pyrrole nitrogens is 1. The number of Topliss-reactive ketones (excluding diaryl/α,β-unsaturated/α-hetero) is 1. The minimum absolute atomic E-state index is 0.255. The summed E-state index contributed by atoms with van der Waals surface area (Å²) in [4.78, 5) is 26.5. The number of esters is 1. The van der Waals surface area contributed by atoms with Crippen LogP contribution in [0.25, 0.3) is 10.8 Å². The number of ketones is 1. The van der Waals surface area contributed by atoms with Crippen LogP contribution in [0.15, 0.2) is 60.8 Å². The molecule has 4 heteroatoms. The van der Waals surface area contributed by atoms with Crippen LogP contribution in [0.4, 0.5) is 0 Å². The lowest BCUT2D eigenvalue weighted by Gasteiger charge is -2.05. The summed E-state index contributed by atoms with van der Waals surface area (Å²) >= 11 is 0. The molecule has 3 aromatic rings. The second kappa shape index (κ2) is 5.63. The minimum Gasteiger partial charge on any atom is -0.454 e. The third-order valence-corrected chi connectivity index (χ3v) is 3.22. The molecule has 0 amide bonds. The predicted octanol–water partition coefficient (Wildman–Crippen LogP) is 3.21. The van der Waals surface area contributed by atoms with E-state index in [1.54, 1.807) is 30.5 Å². The molecule has 0 saturated heterocycles. The topological polar surface area (TPSA) is 59.2 Å². The molecule has 0 spiro atoms. The number of rotatable bonds is 4. The van der Waals surface area contributed by atoms with Gasteiger partial charge in [0.2, 0.25) is 5.78 Å². The molecule has 104 valence electrons. The molecular formula is C17H13NO3. The molecule has 0 bridgehead atoms. The molecule has 0 radical (unpaired) electrons. The SMILES string of the molecule is O=C(OCC(=O)c1ccc[nH]1)c1ccc2ccccc2c1. The number of aromatic nitrogens is 1. The molecule has 0 atom stereocenters. The highest BCUT2D eigenvalue weighted by Crippen LogP contribution is 2.16. The number of hydrogen-bond acceptors (Lipinski definition) is 3. The van der Waals surface area contributed by atoms with E-state index < -0.39 is 5.97 Å². The van der Waals surface area contributed by atoms with Crippen molar-refractivity contribution in [3.8, 4) is 0 Å². The lowest BCUT2D eigenvalue weighted by molar-refractivity contribution is 0.0474. The van der Waals surface area contributed by atoms with E-state index in [4.69, 9.17) is 4.74 Å². The standard InChI is InChI=1S/C17H13NO3/c19-16(15-6-3-9-18-15)11-21-17(20)14-8-7-12-4-1-2-5-13(12)10-14/h1-10,18H,11H2. The van der Waals surface area contributed by atoms with Gasteiger partial charge in [-0.3, -0.25) is 4.79 Å². The summed E-state index contributed by atoms with van der Waals surface area (Å²) in [5.74, 6) is -0.755. The lowest BCUT2D eigenvalue weighted by Crippen LogP contribution is -2.14. The van der Waals surface area contributed by atoms with Gasteiger partial charge < -0.3 is 9.72 Å². The number of carbonyl (C=O) groups excluding carboxylic acids is 2. The molecule has 0 aliphatic heterocycles. The zero-order chi connectivity index (χ0) is 14.7. The van der Waals surface area contributed by atoms with Crippen LogP contribution < -0.4 is 0 Å². The van der Waals surface area contributed by atoms with Gasteiger partial charge in [-0.15, -0.1) is 0 Å². The fourth-order valence-electron chi connectivity index (χ4n) is 2.11. The molecule has 4 nitrogen and oxygen atoms in total. The molecule has 0 saturated carbocycles. The molecule has 0 aliphatic carbocycles. The van der Waals surface area contributed by atoms with Crippen LogP contribution in [0.1, 0.15) is 20.8 Å². The average Bonchev–Trinajstić information content (AvgIpc) is 3.06. The Labute approximate surface area is 121 Å². The molecule has 1 N–H and O–H groups in total. The summed E-state index contributed by atoms with van der Waals surface area (Å²) in [6.07, 6.45) is 1.65. The Kier molecular flexibility index (Phi) is 3.51. The Balaban J connectivity index is 1.70. The van der Waals surface area contributed by atoms with Crippen molar-refractivity contribution in [1.29, 1.82) is 0 Å². The van der Waals surface area contributed by atoms with Crippen molar-refractivity contribution in [3.05, 3.63) is 72.1 Å². The highest BCUT2D eigenvalue weighted by atomic mass is 16.5. The van der Waals surface area contributed by atoms with Gasteiger partial charge in [-0.1, -0.05) is 30.3 Å². The normalized spacial score (nSPS) is 10.5. The zero-order valence-electron chi connectivity index (χ0n) is 11.2.